The van der Waals surface area contributed by atoms with Crippen molar-refractivity contribution in [3.63, 3.8) is 0 Å². The van der Waals surface area contributed by atoms with Gasteiger partial charge in [0, 0.05) is 31.9 Å². The van der Waals surface area contributed by atoms with E-state index in [1.54, 1.807) is 20.1 Å². The van der Waals surface area contributed by atoms with Gasteiger partial charge in [-0.2, -0.15) is 0 Å². The molecule has 1 aromatic carbocycles. The Labute approximate surface area is 109 Å². The lowest BCUT2D eigenvalue weighted by Gasteiger charge is -2.27. The number of anilines is 1. The molecule has 0 amide bonds. The van der Waals surface area contributed by atoms with Crippen molar-refractivity contribution in [1.29, 1.82) is 0 Å². The predicted molar refractivity (Wildman–Crippen MR) is 73.5 cm³/mol. The number of likely N-dealkylation sites (N-methyl/N-ethyl adjacent to an activating group) is 1. The lowest BCUT2D eigenvalue weighted by Crippen LogP contribution is -2.29. The molecule has 0 unspecified atom stereocenters. The van der Waals surface area contributed by atoms with Crippen LogP contribution in [0.4, 0.5) is 10.1 Å². The highest BCUT2D eigenvalue weighted by molar-refractivity contribution is 5.57. The molecule has 3 nitrogen and oxygen atoms in total. The van der Waals surface area contributed by atoms with E-state index in [2.05, 4.69) is 11.8 Å². The zero-order valence-electron chi connectivity index (χ0n) is 11.7. The van der Waals surface area contributed by atoms with Gasteiger partial charge in [0.15, 0.2) is 0 Å². The number of nitrogens with zero attached hydrogens (tertiary/aromatic N) is 1. The van der Waals surface area contributed by atoms with E-state index < -0.39 is 0 Å². The number of aryl methyl sites for hydroxylation is 1. The lowest BCUT2D eigenvalue weighted by molar-refractivity contribution is 0.205. The minimum Gasteiger partial charge on any atom is -0.383 e. The molecule has 4 heteroatoms. The van der Waals surface area contributed by atoms with Crippen LogP contribution in [0, 0.1) is 12.7 Å². The number of hydrogen-bond acceptors (Lipinski definition) is 3. The second kappa shape index (κ2) is 6.71. The average molecular weight is 254 g/mol. The summed E-state index contributed by atoms with van der Waals surface area (Å²) >= 11 is 0. The van der Waals surface area contributed by atoms with Crippen LogP contribution in [0.25, 0.3) is 0 Å². The smallest absolute Gasteiger partial charge is 0.126 e. The topological polar surface area (TPSA) is 38.5 Å². The molecule has 0 heterocycles. The van der Waals surface area contributed by atoms with Gasteiger partial charge in [0.2, 0.25) is 0 Å². The van der Waals surface area contributed by atoms with Crippen molar-refractivity contribution >= 4 is 5.69 Å². The first-order chi connectivity index (χ1) is 8.51. The summed E-state index contributed by atoms with van der Waals surface area (Å²) in [7, 11) is 1.68. The Bertz CT molecular complexity index is 394. The Morgan fingerprint density at radius 3 is 2.61 bits per heavy atom. The normalized spacial score (nSPS) is 12.6. The Hall–Kier alpha value is -1.13. The van der Waals surface area contributed by atoms with E-state index in [9.17, 15) is 4.39 Å². The maximum Gasteiger partial charge on any atom is 0.126 e. The molecule has 0 fully saturated rings. The van der Waals surface area contributed by atoms with Crippen LogP contribution in [-0.2, 0) is 4.74 Å². The van der Waals surface area contributed by atoms with E-state index in [0.717, 1.165) is 24.3 Å². The highest BCUT2D eigenvalue weighted by atomic mass is 19.1. The van der Waals surface area contributed by atoms with Crippen LogP contribution in [0.1, 0.15) is 31.0 Å². The van der Waals surface area contributed by atoms with Gasteiger partial charge in [0.05, 0.1) is 6.61 Å². The van der Waals surface area contributed by atoms with Gasteiger partial charge in [-0.05, 0) is 44.0 Å². The Morgan fingerprint density at radius 1 is 1.44 bits per heavy atom. The maximum atomic E-state index is 13.6. The number of benzene rings is 1. The molecular weight excluding hydrogens is 231 g/mol. The summed E-state index contributed by atoms with van der Waals surface area (Å²) in [5.74, 6) is -0.200. The van der Waals surface area contributed by atoms with Crippen molar-refractivity contribution in [2.75, 3.05) is 31.7 Å². The molecule has 1 atom stereocenters. The minimum atomic E-state index is -0.200. The minimum absolute atomic E-state index is 0.188. The first kappa shape index (κ1) is 14.9. The van der Waals surface area contributed by atoms with Gasteiger partial charge in [0.1, 0.15) is 5.82 Å². The standard InChI is InChI=1S/C14H23FN2O/c1-5-17(6-7-18-4)14-8-10(2)13(15)9-12(14)11(3)16/h8-9,11H,5-7,16H2,1-4H3/t11-/m0/s1. The fourth-order valence-electron chi connectivity index (χ4n) is 1.97. The van der Waals surface area contributed by atoms with E-state index in [4.69, 9.17) is 10.5 Å². The third-order valence-corrected chi connectivity index (χ3v) is 3.09. The van der Waals surface area contributed by atoms with Crippen molar-refractivity contribution < 1.29 is 9.13 Å². The lowest BCUT2D eigenvalue weighted by atomic mass is 10.0. The molecular formula is C14H23FN2O. The van der Waals surface area contributed by atoms with Crippen LogP contribution >= 0.6 is 0 Å². The molecule has 0 aliphatic rings. The summed E-state index contributed by atoms with van der Waals surface area (Å²) in [4.78, 5) is 2.16. The molecule has 0 bridgehead atoms. The van der Waals surface area contributed by atoms with Crippen LogP contribution in [0.15, 0.2) is 12.1 Å². The van der Waals surface area contributed by atoms with Gasteiger partial charge in [0.25, 0.3) is 0 Å². The van der Waals surface area contributed by atoms with Crippen molar-refractivity contribution in [1.82, 2.24) is 0 Å². The molecule has 0 saturated heterocycles. The monoisotopic (exact) mass is 254 g/mol. The van der Waals surface area contributed by atoms with E-state index in [0.29, 0.717) is 12.2 Å². The number of halogens is 1. The van der Waals surface area contributed by atoms with Crippen molar-refractivity contribution in [2.45, 2.75) is 26.8 Å². The Balaban J connectivity index is 3.14. The molecule has 1 aromatic rings. The van der Waals surface area contributed by atoms with E-state index >= 15 is 0 Å². The second-order valence-electron chi connectivity index (χ2n) is 4.52. The molecule has 0 aromatic heterocycles. The van der Waals surface area contributed by atoms with Crippen LogP contribution in [-0.4, -0.2) is 26.8 Å². The summed E-state index contributed by atoms with van der Waals surface area (Å²) in [6.07, 6.45) is 0. The third-order valence-electron chi connectivity index (χ3n) is 3.09. The van der Waals surface area contributed by atoms with Crippen LogP contribution < -0.4 is 10.6 Å². The number of ether oxygens (including phenoxy) is 1. The van der Waals surface area contributed by atoms with Gasteiger partial charge >= 0.3 is 0 Å². The first-order valence-electron chi connectivity index (χ1n) is 6.30. The van der Waals surface area contributed by atoms with E-state index in [1.165, 1.54) is 0 Å². The molecule has 0 aliphatic heterocycles. The molecule has 0 saturated carbocycles. The fourth-order valence-corrected chi connectivity index (χ4v) is 1.97. The first-order valence-corrected chi connectivity index (χ1v) is 6.30. The van der Waals surface area contributed by atoms with Crippen molar-refractivity contribution in [3.8, 4) is 0 Å². The Morgan fingerprint density at radius 2 is 2.11 bits per heavy atom. The van der Waals surface area contributed by atoms with Gasteiger partial charge < -0.3 is 15.4 Å². The van der Waals surface area contributed by atoms with Gasteiger partial charge in [-0.3, -0.25) is 0 Å². The Kier molecular flexibility index (Phi) is 5.56. The van der Waals surface area contributed by atoms with Gasteiger partial charge in [-0.15, -0.1) is 0 Å². The predicted octanol–water partition coefficient (Wildman–Crippen LogP) is 2.63. The SMILES string of the molecule is CCN(CCOC)c1cc(C)c(F)cc1[C@H](C)N. The molecule has 0 radical (unpaired) electrons. The number of nitrogens with two attached hydrogens (primary N) is 1. The van der Waals surface area contributed by atoms with E-state index in [1.807, 2.05) is 13.0 Å². The molecule has 0 aliphatic carbocycles. The van der Waals surface area contributed by atoms with E-state index in [-0.39, 0.29) is 11.9 Å². The molecule has 0 spiro atoms. The molecule has 18 heavy (non-hydrogen) atoms. The second-order valence-corrected chi connectivity index (χ2v) is 4.52. The maximum absolute atomic E-state index is 13.6. The summed E-state index contributed by atoms with van der Waals surface area (Å²) in [5.41, 5.74) is 8.42. The molecule has 2 N–H and O–H groups in total. The largest absolute Gasteiger partial charge is 0.383 e. The number of hydrogen-bond donors (Lipinski definition) is 1. The quantitative estimate of drug-likeness (QED) is 0.848. The van der Waals surface area contributed by atoms with Gasteiger partial charge in [-0.25, -0.2) is 4.39 Å². The highest BCUT2D eigenvalue weighted by Crippen LogP contribution is 2.28. The zero-order valence-corrected chi connectivity index (χ0v) is 11.7. The van der Waals surface area contributed by atoms with Crippen LogP contribution in [0.2, 0.25) is 0 Å². The summed E-state index contributed by atoms with van der Waals surface area (Å²) < 4.78 is 18.7. The highest BCUT2D eigenvalue weighted by Gasteiger charge is 2.15. The van der Waals surface area contributed by atoms with Crippen LogP contribution in [0.3, 0.4) is 0 Å². The summed E-state index contributed by atoms with van der Waals surface area (Å²) in [5, 5.41) is 0. The number of rotatable bonds is 6. The van der Waals surface area contributed by atoms with Gasteiger partial charge in [-0.1, -0.05) is 0 Å². The zero-order chi connectivity index (χ0) is 13.7. The fraction of sp³-hybridized carbons (Fsp3) is 0.571. The third kappa shape index (κ3) is 3.43. The van der Waals surface area contributed by atoms with Crippen LogP contribution in [0.5, 0.6) is 0 Å². The molecule has 1 rings (SSSR count). The van der Waals surface area contributed by atoms with Crippen molar-refractivity contribution in [2.24, 2.45) is 5.73 Å². The summed E-state index contributed by atoms with van der Waals surface area (Å²) in [6.45, 7) is 7.97. The molecule has 102 valence electrons. The average Bonchev–Trinajstić information content (AvgIpc) is 2.33. The summed E-state index contributed by atoms with van der Waals surface area (Å²) in [6, 6.07) is 3.23. The van der Waals surface area contributed by atoms with Crippen molar-refractivity contribution in [3.05, 3.63) is 29.1 Å². The number of methoxy groups -OCH3 is 1.